The molecule has 1 atom stereocenters. The number of hydrogen-bond acceptors (Lipinski definition) is 3. The molecule has 2 aromatic carbocycles. The van der Waals surface area contributed by atoms with Crippen molar-refractivity contribution in [2.45, 2.75) is 38.3 Å². The third-order valence-electron chi connectivity index (χ3n) is 5.20. The minimum absolute atomic E-state index is 0.0746. The van der Waals surface area contributed by atoms with E-state index in [1.165, 1.54) is 31.2 Å². The van der Waals surface area contributed by atoms with Gasteiger partial charge in [0.1, 0.15) is 11.9 Å². The van der Waals surface area contributed by atoms with E-state index < -0.39 is 6.04 Å². The van der Waals surface area contributed by atoms with E-state index in [9.17, 15) is 18.8 Å². The van der Waals surface area contributed by atoms with Crippen molar-refractivity contribution in [3.63, 3.8) is 0 Å². The summed E-state index contributed by atoms with van der Waals surface area (Å²) in [6.07, 6.45) is 1.63. The molecule has 4 amide bonds. The van der Waals surface area contributed by atoms with Crippen molar-refractivity contribution in [3.05, 3.63) is 66.0 Å². The third-order valence-corrected chi connectivity index (χ3v) is 5.20. The predicted molar refractivity (Wildman–Crippen MR) is 116 cm³/mol. The van der Waals surface area contributed by atoms with Crippen LogP contribution in [-0.2, 0) is 16.0 Å². The first-order valence-corrected chi connectivity index (χ1v) is 10.3. The molecule has 31 heavy (non-hydrogen) atoms. The van der Waals surface area contributed by atoms with E-state index >= 15 is 0 Å². The standard InChI is InChI=1S/C23H27FN4O3/c1-16(29)25-21(15-17-5-3-2-4-6-17)22(30)26-20-11-13-28(14-12-20)23(31)27-19-9-7-18(24)8-10-19/h2-10,20-21H,11-15H2,1H3,(H,25,29)(H,26,30)(H,27,31). The van der Waals surface area contributed by atoms with Crippen molar-refractivity contribution < 1.29 is 18.8 Å². The monoisotopic (exact) mass is 426 g/mol. The van der Waals surface area contributed by atoms with Crippen LogP contribution in [0, 0.1) is 5.82 Å². The fourth-order valence-electron chi connectivity index (χ4n) is 3.57. The summed E-state index contributed by atoms with van der Waals surface area (Å²) in [4.78, 5) is 38.4. The van der Waals surface area contributed by atoms with Gasteiger partial charge in [-0.15, -0.1) is 0 Å². The van der Waals surface area contributed by atoms with Crippen molar-refractivity contribution >= 4 is 23.5 Å². The number of urea groups is 1. The molecular weight excluding hydrogens is 399 g/mol. The number of nitrogens with one attached hydrogen (secondary N) is 3. The van der Waals surface area contributed by atoms with Crippen molar-refractivity contribution in [2.75, 3.05) is 18.4 Å². The summed E-state index contributed by atoms with van der Waals surface area (Å²) in [5.74, 6) is -0.851. The Balaban J connectivity index is 1.50. The van der Waals surface area contributed by atoms with Crippen LogP contribution in [0.25, 0.3) is 0 Å². The Labute approximate surface area is 181 Å². The minimum Gasteiger partial charge on any atom is -0.351 e. The molecule has 1 aliphatic heterocycles. The Morgan fingerprint density at radius 1 is 1.03 bits per heavy atom. The van der Waals surface area contributed by atoms with Gasteiger partial charge in [-0.25, -0.2) is 9.18 Å². The zero-order valence-corrected chi connectivity index (χ0v) is 17.4. The van der Waals surface area contributed by atoms with Gasteiger partial charge in [0.2, 0.25) is 11.8 Å². The average molecular weight is 426 g/mol. The molecule has 7 nitrogen and oxygen atoms in total. The largest absolute Gasteiger partial charge is 0.351 e. The molecule has 0 radical (unpaired) electrons. The molecule has 1 fully saturated rings. The second-order valence-electron chi connectivity index (χ2n) is 7.65. The SMILES string of the molecule is CC(=O)NC(Cc1ccccc1)C(=O)NC1CCN(C(=O)Nc2ccc(F)cc2)CC1. The van der Waals surface area contributed by atoms with E-state index in [-0.39, 0.29) is 29.7 Å². The highest BCUT2D eigenvalue weighted by Crippen LogP contribution is 2.14. The second kappa shape index (κ2) is 10.6. The van der Waals surface area contributed by atoms with Crippen LogP contribution in [-0.4, -0.2) is 47.9 Å². The number of anilines is 1. The Morgan fingerprint density at radius 2 is 1.68 bits per heavy atom. The van der Waals surface area contributed by atoms with Crippen molar-refractivity contribution in [1.29, 1.82) is 0 Å². The maximum atomic E-state index is 13.0. The lowest BCUT2D eigenvalue weighted by molar-refractivity contribution is -0.128. The molecule has 1 aliphatic rings. The third kappa shape index (κ3) is 6.80. The van der Waals surface area contributed by atoms with Gasteiger partial charge in [-0.1, -0.05) is 30.3 Å². The maximum Gasteiger partial charge on any atom is 0.321 e. The quantitative estimate of drug-likeness (QED) is 0.663. The molecule has 1 unspecified atom stereocenters. The van der Waals surface area contributed by atoms with Gasteiger partial charge >= 0.3 is 6.03 Å². The number of hydrogen-bond donors (Lipinski definition) is 3. The number of rotatable bonds is 6. The summed E-state index contributed by atoms with van der Waals surface area (Å²) < 4.78 is 13.0. The number of halogens is 1. The van der Waals surface area contributed by atoms with Gasteiger partial charge in [-0.05, 0) is 42.7 Å². The average Bonchev–Trinajstić information content (AvgIpc) is 2.76. The van der Waals surface area contributed by atoms with Gasteiger partial charge in [-0.3, -0.25) is 9.59 Å². The highest BCUT2D eigenvalue weighted by Gasteiger charge is 2.27. The van der Waals surface area contributed by atoms with E-state index in [4.69, 9.17) is 0 Å². The molecule has 0 aliphatic carbocycles. The first-order valence-electron chi connectivity index (χ1n) is 10.3. The Morgan fingerprint density at radius 3 is 2.29 bits per heavy atom. The number of amides is 4. The topological polar surface area (TPSA) is 90.5 Å². The predicted octanol–water partition coefficient (Wildman–Crippen LogP) is 2.69. The number of piperidine rings is 1. The highest BCUT2D eigenvalue weighted by atomic mass is 19.1. The lowest BCUT2D eigenvalue weighted by atomic mass is 10.0. The zero-order valence-electron chi connectivity index (χ0n) is 17.4. The van der Waals surface area contributed by atoms with E-state index in [0.717, 1.165) is 5.56 Å². The molecule has 0 saturated carbocycles. The Hall–Kier alpha value is -3.42. The van der Waals surface area contributed by atoms with Crippen LogP contribution in [0.15, 0.2) is 54.6 Å². The Bertz CT molecular complexity index is 897. The zero-order chi connectivity index (χ0) is 22.2. The minimum atomic E-state index is -0.653. The van der Waals surface area contributed by atoms with Gasteiger partial charge < -0.3 is 20.9 Å². The van der Waals surface area contributed by atoms with Crippen LogP contribution in [0.5, 0.6) is 0 Å². The van der Waals surface area contributed by atoms with Crippen LogP contribution in [0.1, 0.15) is 25.3 Å². The smallest absolute Gasteiger partial charge is 0.321 e. The first-order chi connectivity index (χ1) is 14.9. The molecule has 1 heterocycles. The molecule has 0 aromatic heterocycles. The van der Waals surface area contributed by atoms with E-state index in [1.807, 2.05) is 30.3 Å². The Kier molecular flexibility index (Phi) is 7.59. The lowest BCUT2D eigenvalue weighted by Crippen LogP contribution is -2.53. The highest BCUT2D eigenvalue weighted by molar-refractivity contribution is 5.89. The normalized spacial score (nSPS) is 15.1. The summed E-state index contributed by atoms with van der Waals surface area (Å²) in [5.41, 5.74) is 1.49. The lowest BCUT2D eigenvalue weighted by Gasteiger charge is -2.33. The van der Waals surface area contributed by atoms with Gasteiger partial charge in [-0.2, -0.15) is 0 Å². The summed E-state index contributed by atoms with van der Waals surface area (Å²) >= 11 is 0. The van der Waals surface area contributed by atoms with E-state index in [0.29, 0.717) is 38.0 Å². The van der Waals surface area contributed by atoms with Crippen LogP contribution in [0.3, 0.4) is 0 Å². The van der Waals surface area contributed by atoms with Gasteiger partial charge in [0.25, 0.3) is 0 Å². The summed E-state index contributed by atoms with van der Waals surface area (Å²) in [5, 5.41) is 8.48. The molecule has 2 aromatic rings. The molecule has 0 spiro atoms. The maximum absolute atomic E-state index is 13.0. The molecule has 1 saturated heterocycles. The van der Waals surface area contributed by atoms with Crippen molar-refractivity contribution in [1.82, 2.24) is 15.5 Å². The summed E-state index contributed by atoms with van der Waals surface area (Å²) in [6.45, 7) is 2.37. The second-order valence-corrected chi connectivity index (χ2v) is 7.65. The van der Waals surface area contributed by atoms with E-state index in [2.05, 4.69) is 16.0 Å². The van der Waals surface area contributed by atoms with Crippen molar-refractivity contribution in [2.24, 2.45) is 0 Å². The molecule has 8 heteroatoms. The first kappa shape index (κ1) is 22.3. The van der Waals surface area contributed by atoms with Gasteiger partial charge in [0.15, 0.2) is 0 Å². The number of likely N-dealkylation sites (tertiary alicyclic amines) is 1. The van der Waals surface area contributed by atoms with Crippen LogP contribution in [0.2, 0.25) is 0 Å². The number of benzene rings is 2. The van der Waals surface area contributed by atoms with Crippen LogP contribution >= 0.6 is 0 Å². The van der Waals surface area contributed by atoms with Crippen molar-refractivity contribution in [3.8, 4) is 0 Å². The summed E-state index contributed by atoms with van der Waals surface area (Å²) in [6, 6.07) is 14.1. The molecule has 3 N–H and O–H groups in total. The molecular formula is C23H27FN4O3. The fraction of sp³-hybridized carbons (Fsp3) is 0.348. The number of carbonyl (C=O) groups excluding carboxylic acids is 3. The van der Waals surface area contributed by atoms with E-state index in [1.54, 1.807) is 4.90 Å². The van der Waals surface area contributed by atoms with Gasteiger partial charge in [0.05, 0.1) is 0 Å². The number of nitrogens with zero attached hydrogens (tertiary/aromatic N) is 1. The van der Waals surface area contributed by atoms with Crippen LogP contribution in [0.4, 0.5) is 14.9 Å². The molecule has 3 rings (SSSR count). The molecule has 164 valence electrons. The molecule has 0 bridgehead atoms. The number of carbonyl (C=O) groups is 3. The van der Waals surface area contributed by atoms with Gasteiger partial charge in [0, 0.05) is 38.2 Å². The van der Waals surface area contributed by atoms with Crippen LogP contribution < -0.4 is 16.0 Å². The summed E-state index contributed by atoms with van der Waals surface area (Å²) in [7, 11) is 0. The fourth-order valence-corrected chi connectivity index (χ4v) is 3.57.